The van der Waals surface area contributed by atoms with Gasteiger partial charge in [0.2, 0.25) is 0 Å². The summed E-state index contributed by atoms with van der Waals surface area (Å²) in [4.78, 5) is 14.1. The normalized spacial score (nSPS) is 21.9. The van der Waals surface area contributed by atoms with Gasteiger partial charge in [-0.3, -0.25) is 4.79 Å². The van der Waals surface area contributed by atoms with Crippen molar-refractivity contribution in [2.75, 3.05) is 5.32 Å². The molecule has 0 spiro atoms. The van der Waals surface area contributed by atoms with Crippen molar-refractivity contribution in [2.45, 2.75) is 36.8 Å². The Hall–Kier alpha value is -2.07. The van der Waals surface area contributed by atoms with Gasteiger partial charge in [-0.1, -0.05) is 38.1 Å². The molecule has 1 aliphatic carbocycles. The Morgan fingerprint density at radius 1 is 1.08 bits per heavy atom. The van der Waals surface area contributed by atoms with Crippen LogP contribution in [0.5, 0.6) is 0 Å². The summed E-state index contributed by atoms with van der Waals surface area (Å²) in [5.74, 6) is -0.0698. The Labute approximate surface area is 151 Å². The van der Waals surface area contributed by atoms with Crippen molar-refractivity contribution in [1.29, 1.82) is 0 Å². The molecule has 25 heavy (non-hydrogen) atoms. The maximum absolute atomic E-state index is 13.4. The van der Waals surface area contributed by atoms with Crippen molar-refractivity contribution in [3.63, 3.8) is 0 Å². The van der Waals surface area contributed by atoms with Gasteiger partial charge in [-0.05, 0) is 41.7 Å². The molecular formula is C21H20FNOS. The number of benzene rings is 2. The quantitative estimate of drug-likeness (QED) is 0.710. The molecule has 1 unspecified atom stereocenters. The fourth-order valence-electron chi connectivity index (χ4n) is 3.64. The van der Waals surface area contributed by atoms with Crippen LogP contribution >= 0.6 is 11.8 Å². The summed E-state index contributed by atoms with van der Waals surface area (Å²) in [5.41, 5.74) is 3.79. The molecule has 4 rings (SSSR count). The van der Waals surface area contributed by atoms with E-state index in [1.54, 1.807) is 23.9 Å². The molecule has 1 aliphatic heterocycles. The van der Waals surface area contributed by atoms with Crippen molar-refractivity contribution in [1.82, 2.24) is 0 Å². The minimum atomic E-state index is -0.258. The van der Waals surface area contributed by atoms with Crippen LogP contribution in [-0.2, 0) is 4.79 Å². The third-order valence-corrected chi connectivity index (χ3v) is 6.13. The average molecular weight is 353 g/mol. The minimum absolute atomic E-state index is 0.0553. The molecule has 1 atom stereocenters. The lowest BCUT2D eigenvalue weighted by molar-refractivity contribution is -0.118. The second kappa shape index (κ2) is 6.03. The van der Waals surface area contributed by atoms with Gasteiger partial charge in [-0.2, -0.15) is 0 Å². The van der Waals surface area contributed by atoms with E-state index in [4.69, 9.17) is 0 Å². The second-order valence-corrected chi connectivity index (χ2v) is 8.65. The highest BCUT2D eigenvalue weighted by Crippen LogP contribution is 2.51. The second-order valence-electron chi connectivity index (χ2n) is 7.50. The Bertz CT molecular complexity index is 870. The van der Waals surface area contributed by atoms with E-state index in [0.29, 0.717) is 6.42 Å². The molecule has 2 aromatic carbocycles. The van der Waals surface area contributed by atoms with Crippen LogP contribution in [0.3, 0.4) is 0 Å². The summed E-state index contributed by atoms with van der Waals surface area (Å²) in [6.45, 7) is 4.26. The van der Waals surface area contributed by atoms with Gasteiger partial charge in [0.15, 0.2) is 5.78 Å². The van der Waals surface area contributed by atoms with Gasteiger partial charge in [0.25, 0.3) is 0 Å². The summed E-state index contributed by atoms with van der Waals surface area (Å²) in [7, 11) is 0. The minimum Gasteiger partial charge on any atom is -0.358 e. The number of allylic oxidation sites excluding steroid dienone is 1. The molecule has 0 saturated carbocycles. The molecule has 0 bridgehead atoms. The molecule has 0 aromatic heterocycles. The van der Waals surface area contributed by atoms with E-state index in [1.807, 2.05) is 18.2 Å². The van der Waals surface area contributed by atoms with Gasteiger partial charge >= 0.3 is 0 Å². The van der Waals surface area contributed by atoms with Crippen LogP contribution < -0.4 is 5.32 Å². The Kier molecular flexibility index (Phi) is 3.95. The predicted molar refractivity (Wildman–Crippen MR) is 100 cm³/mol. The van der Waals surface area contributed by atoms with Gasteiger partial charge in [0, 0.05) is 22.6 Å². The van der Waals surface area contributed by atoms with E-state index in [9.17, 15) is 9.18 Å². The van der Waals surface area contributed by atoms with Gasteiger partial charge < -0.3 is 5.32 Å². The van der Waals surface area contributed by atoms with E-state index in [2.05, 4.69) is 25.2 Å². The van der Waals surface area contributed by atoms with Crippen molar-refractivity contribution >= 4 is 23.2 Å². The summed E-state index contributed by atoms with van der Waals surface area (Å²) >= 11 is 1.66. The molecular weight excluding hydrogens is 333 g/mol. The maximum atomic E-state index is 13.4. The molecule has 0 radical (unpaired) electrons. The molecule has 0 saturated heterocycles. The summed E-state index contributed by atoms with van der Waals surface area (Å²) < 4.78 is 13.4. The number of carbonyl (C=O) groups is 1. The topological polar surface area (TPSA) is 29.1 Å². The lowest BCUT2D eigenvalue weighted by atomic mass is 9.74. The molecule has 0 fully saturated rings. The average Bonchev–Trinajstić information content (AvgIpc) is 2.70. The molecule has 1 N–H and O–H groups in total. The fourth-order valence-corrected chi connectivity index (χ4v) is 4.99. The molecule has 4 heteroatoms. The lowest BCUT2D eigenvalue weighted by Crippen LogP contribution is -2.29. The van der Waals surface area contributed by atoms with Gasteiger partial charge in [-0.15, -0.1) is 11.8 Å². The number of ketones is 1. The van der Waals surface area contributed by atoms with E-state index >= 15 is 0 Å². The number of Topliss-reactive ketones (excluding diaryl/α,β-unsaturated/α-hetero) is 1. The van der Waals surface area contributed by atoms with Crippen molar-refractivity contribution in [3.8, 4) is 0 Å². The first-order valence-corrected chi connectivity index (χ1v) is 9.35. The summed E-state index contributed by atoms with van der Waals surface area (Å²) in [6.07, 6.45) is 1.38. The highest BCUT2D eigenvalue weighted by Gasteiger charge is 2.39. The van der Waals surface area contributed by atoms with Crippen LogP contribution in [0, 0.1) is 11.2 Å². The number of hydrogen-bond donors (Lipinski definition) is 1. The van der Waals surface area contributed by atoms with Crippen LogP contribution in [0.25, 0.3) is 0 Å². The first-order chi connectivity index (χ1) is 11.9. The van der Waals surface area contributed by atoms with E-state index in [1.165, 1.54) is 12.1 Å². The smallest absolute Gasteiger partial charge is 0.162 e. The van der Waals surface area contributed by atoms with Crippen molar-refractivity contribution in [3.05, 3.63) is 71.2 Å². The lowest BCUT2D eigenvalue weighted by Gasteiger charge is -2.33. The summed E-state index contributed by atoms with van der Waals surface area (Å²) in [6, 6.07) is 14.6. The van der Waals surface area contributed by atoms with Gasteiger partial charge in [-0.25, -0.2) is 4.39 Å². The number of fused-ring (bicyclic) bond motifs is 1. The number of para-hydroxylation sites is 1. The Balaban J connectivity index is 1.88. The summed E-state index contributed by atoms with van der Waals surface area (Å²) in [5, 5.41) is 3.41. The number of thioether (sulfide) groups is 1. The Morgan fingerprint density at radius 3 is 2.56 bits per heavy atom. The first-order valence-electron chi connectivity index (χ1n) is 8.47. The third-order valence-electron chi connectivity index (χ3n) is 4.77. The van der Waals surface area contributed by atoms with Crippen molar-refractivity contribution in [2.24, 2.45) is 5.41 Å². The number of nitrogens with one attached hydrogen (secondary N) is 1. The number of anilines is 1. The molecule has 128 valence electrons. The van der Waals surface area contributed by atoms with E-state index in [-0.39, 0.29) is 22.3 Å². The zero-order chi connectivity index (χ0) is 17.6. The highest BCUT2D eigenvalue weighted by molar-refractivity contribution is 8.00. The predicted octanol–water partition coefficient (Wildman–Crippen LogP) is 5.73. The highest BCUT2D eigenvalue weighted by atomic mass is 32.2. The standard InChI is InChI=1S/C21H20FNOS/c1-21(2)11-16-19(17(24)12-21)20(13-7-9-14(22)10-8-13)25-18-6-4-3-5-15(18)23-16/h3-10,20,23H,11-12H2,1-2H3. The molecule has 0 amide bonds. The van der Waals surface area contributed by atoms with Crippen LogP contribution in [0.15, 0.2) is 64.7 Å². The van der Waals surface area contributed by atoms with E-state index < -0.39 is 0 Å². The SMILES string of the molecule is CC1(C)CC(=O)C2=C(C1)Nc1ccccc1SC2c1ccc(F)cc1. The number of halogens is 1. The van der Waals surface area contributed by atoms with Crippen LogP contribution in [0.1, 0.15) is 37.5 Å². The molecule has 2 nitrogen and oxygen atoms in total. The number of hydrogen-bond acceptors (Lipinski definition) is 3. The number of rotatable bonds is 1. The molecule has 1 heterocycles. The van der Waals surface area contributed by atoms with Gasteiger partial charge in [0.1, 0.15) is 5.82 Å². The zero-order valence-corrected chi connectivity index (χ0v) is 15.1. The Morgan fingerprint density at radius 2 is 1.80 bits per heavy atom. The third kappa shape index (κ3) is 3.11. The molecule has 2 aromatic rings. The molecule has 2 aliphatic rings. The first kappa shape index (κ1) is 16.4. The van der Waals surface area contributed by atoms with Crippen LogP contribution in [0.2, 0.25) is 0 Å². The van der Waals surface area contributed by atoms with Gasteiger partial charge in [0.05, 0.1) is 10.9 Å². The maximum Gasteiger partial charge on any atom is 0.162 e. The van der Waals surface area contributed by atoms with Crippen LogP contribution in [-0.4, -0.2) is 5.78 Å². The van der Waals surface area contributed by atoms with Crippen LogP contribution in [0.4, 0.5) is 10.1 Å². The fraction of sp³-hybridized carbons (Fsp3) is 0.286. The number of carbonyl (C=O) groups excluding carboxylic acids is 1. The monoisotopic (exact) mass is 353 g/mol. The zero-order valence-electron chi connectivity index (χ0n) is 14.3. The van der Waals surface area contributed by atoms with E-state index in [0.717, 1.165) is 33.8 Å². The van der Waals surface area contributed by atoms with Crippen molar-refractivity contribution < 1.29 is 9.18 Å². The largest absolute Gasteiger partial charge is 0.358 e.